The zero-order valence-electron chi connectivity index (χ0n) is 8.87. The van der Waals surface area contributed by atoms with Crippen molar-refractivity contribution in [2.45, 2.75) is 24.9 Å². The summed E-state index contributed by atoms with van der Waals surface area (Å²) in [6.45, 7) is 1.56. The standard InChI is InChI=1S/C13H17NO/c15-13(8-14-9-13)7-10-5-11-3-1-2-4-12(11)6-10/h1-4,10,14-15H,5-9H2. The molecule has 0 radical (unpaired) electrons. The third-order valence-corrected chi connectivity index (χ3v) is 3.71. The first-order chi connectivity index (χ1) is 7.25. The van der Waals surface area contributed by atoms with Gasteiger partial charge in [0.2, 0.25) is 0 Å². The Morgan fingerprint density at radius 3 is 2.27 bits per heavy atom. The van der Waals surface area contributed by atoms with Crippen LogP contribution in [0.5, 0.6) is 0 Å². The van der Waals surface area contributed by atoms with Crippen molar-refractivity contribution in [1.82, 2.24) is 5.32 Å². The lowest BCUT2D eigenvalue weighted by Crippen LogP contribution is -2.60. The Morgan fingerprint density at radius 1 is 1.20 bits per heavy atom. The highest BCUT2D eigenvalue weighted by Crippen LogP contribution is 2.33. The predicted octanol–water partition coefficient (Wildman–Crippen LogP) is 1.13. The second-order valence-corrected chi connectivity index (χ2v) is 5.08. The zero-order chi connectivity index (χ0) is 10.3. The van der Waals surface area contributed by atoms with Gasteiger partial charge >= 0.3 is 0 Å². The highest BCUT2D eigenvalue weighted by Gasteiger charge is 2.37. The van der Waals surface area contributed by atoms with Gasteiger partial charge in [0.05, 0.1) is 5.60 Å². The average Bonchev–Trinajstić information content (AvgIpc) is 2.57. The predicted molar refractivity (Wildman–Crippen MR) is 59.8 cm³/mol. The molecule has 2 aliphatic rings. The van der Waals surface area contributed by atoms with Gasteiger partial charge in [0, 0.05) is 13.1 Å². The number of nitrogens with one attached hydrogen (secondary N) is 1. The van der Waals surface area contributed by atoms with Crippen molar-refractivity contribution in [3.8, 4) is 0 Å². The molecule has 1 aromatic rings. The van der Waals surface area contributed by atoms with Gasteiger partial charge < -0.3 is 10.4 Å². The molecule has 1 heterocycles. The molecule has 2 nitrogen and oxygen atoms in total. The molecule has 2 heteroatoms. The summed E-state index contributed by atoms with van der Waals surface area (Å²) < 4.78 is 0. The maximum absolute atomic E-state index is 10.1. The Bertz CT molecular complexity index is 346. The van der Waals surface area contributed by atoms with E-state index in [1.807, 2.05) is 0 Å². The van der Waals surface area contributed by atoms with Gasteiger partial charge in [-0.2, -0.15) is 0 Å². The number of benzene rings is 1. The minimum absolute atomic E-state index is 0.410. The molecule has 0 bridgehead atoms. The SMILES string of the molecule is OC1(CC2Cc3ccccc3C2)CNC1. The van der Waals surface area contributed by atoms with E-state index in [2.05, 4.69) is 29.6 Å². The lowest BCUT2D eigenvalue weighted by molar-refractivity contribution is -0.0294. The van der Waals surface area contributed by atoms with E-state index in [1.165, 1.54) is 11.1 Å². The summed E-state index contributed by atoms with van der Waals surface area (Å²) in [7, 11) is 0. The summed E-state index contributed by atoms with van der Waals surface area (Å²) in [6.07, 6.45) is 3.26. The van der Waals surface area contributed by atoms with Crippen LogP contribution >= 0.6 is 0 Å². The Morgan fingerprint density at radius 2 is 1.80 bits per heavy atom. The van der Waals surface area contributed by atoms with Gasteiger partial charge in [0.15, 0.2) is 0 Å². The summed E-state index contributed by atoms with van der Waals surface area (Å²) in [5.74, 6) is 0.648. The van der Waals surface area contributed by atoms with E-state index in [0.717, 1.165) is 32.4 Å². The summed E-state index contributed by atoms with van der Waals surface area (Å²) in [5.41, 5.74) is 2.56. The average molecular weight is 203 g/mol. The van der Waals surface area contributed by atoms with Gasteiger partial charge in [-0.05, 0) is 36.3 Å². The molecular formula is C13H17NO. The topological polar surface area (TPSA) is 32.3 Å². The number of β-amino-alcohol motifs (C(OH)–C–C–N with tert-alkyl or cyclic N) is 1. The molecule has 1 aromatic carbocycles. The van der Waals surface area contributed by atoms with Crippen LogP contribution in [-0.2, 0) is 12.8 Å². The molecule has 1 fully saturated rings. The summed E-state index contributed by atoms with van der Waals surface area (Å²) in [6, 6.07) is 8.67. The number of fused-ring (bicyclic) bond motifs is 1. The Hall–Kier alpha value is -0.860. The number of hydrogen-bond acceptors (Lipinski definition) is 2. The second-order valence-electron chi connectivity index (χ2n) is 5.08. The van der Waals surface area contributed by atoms with Crippen molar-refractivity contribution in [3.63, 3.8) is 0 Å². The van der Waals surface area contributed by atoms with Gasteiger partial charge in [0.25, 0.3) is 0 Å². The van der Waals surface area contributed by atoms with Crippen LogP contribution in [-0.4, -0.2) is 23.8 Å². The van der Waals surface area contributed by atoms with Crippen molar-refractivity contribution >= 4 is 0 Å². The van der Waals surface area contributed by atoms with E-state index in [9.17, 15) is 5.11 Å². The third-order valence-electron chi connectivity index (χ3n) is 3.71. The number of aliphatic hydroxyl groups is 1. The summed E-state index contributed by atoms with van der Waals surface area (Å²) in [4.78, 5) is 0. The Balaban J connectivity index is 1.68. The van der Waals surface area contributed by atoms with Crippen LogP contribution in [0.1, 0.15) is 17.5 Å². The summed E-state index contributed by atoms with van der Waals surface area (Å²) in [5, 5.41) is 13.2. The smallest absolute Gasteiger partial charge is 0.0898 e. The van der Waals surface area contributed by atoms with Crippen LogP contribution in [0.4, 0.5) is 0 Å². The molecule has 0 spiro atoms. The quantitative estimate of drug-likeness (QED) is 0.755. The zero-order valence-corrected chi connectivity index (χ0v) is 8.87. The van der Waals surface area contributed by atoms with Crippen LogP contribution in [0.3, 0.4) is 0 Å². The maximum Gasteiger partial charge on any atom is 0.0898 e. The fourth-order valence-corrected chi connectivity index (χ4v) is 2.89. The fourth-order valence-electron chi connectivity index (χ4n) is 2.89. The molecule has 0 amide bonds. The first-order valence-corrected chi connectivity index (χ1v) is 5.75. The maximum atomic E-state index is 10.1. The Kier molecular flexibility index (Phi) is 2.08. The van der Waals surface area contributed by atoms with Crippen molar-refractivity contribution in [2.24, 2.45) is 5.92 Å². The highest BCUT2D eigenvalue weighted by molar-refractivity contribution is 5.32. The minimum Gasteiger partial charge on any atom is -0.387 e. The first kappa shape index (κ1) is 9.37. The molecular weight excluding hydrogens is 186 g/mol. The van der Waals surface area contributed by atoms with Crippen molar-refractivity contribution in [1.29, 1.82) is 0 Å². The van der Waals surface area contributed by atoms with E-state index in [4.69, 9.17) is 0 Å². The molecule has 0 saturated carbocycles. The van der Waals surface area contributed by atoms with Gasteiger partial charge in [-0.15, -0.1) is 0 Å². The van der Waals surface area contributed by atoms with E-state index in [1.54, 1.807) is 0 Å². The first-order valence-electron chi connectivity index (χ1n) is 5.75. The van der Waals surface area contributed by atoms with E-state index in [-0.39, 0.29) is 0 Å². The molecule has 0 atom stereocenters. The van der Waals surface area contributed by atoms with Crippen molar-refractivity contribution in [2.75, 3.05) is 13.1 Å². The highest BCUT2D eigenvalue weighted by atomic mass is 16.3. The molecule has 2 N–H and O–H groups in total. The second kappa shape index (κ2) is 3.32. The molecule has 0 aromatic heterocycles. The fraction of sp³-hybridized carbons (Fsp3) is 0.538. The number of hydrogen-bond donors (Lipinski definition) is 2. The minimum atomic E-state index is -0.410. The van der Waals surface area contributed by atoms with Crippen molar-refractivity contribution < 1.29 is 5.11 Å². The molecule has 15 heavy (non-hydrogen) atoms. The molecule has 3 rings (SSSR count). The monoisotopic (exact) mass is 203 g/mol. The van der Waals surface area contributed by atoms with E-state index < -0.39 is 5.60 Å². The van der Waals surface area contributed by atoms with Gasteiger partial charge in [-0.25, -0.2) is 0 Å². The van der Waals surface area contributed by atoms with Crippen LogP contribution in [0.15, 0.2) is 24.3 Å². The largest absolute Gasteiger partial charge is 0.387 e. The van der Waals surface area contributed by atoms with Gasteiger partial charge in [0.1, 0.15) is 0 Å². The van der Waals surface area contributed by atoms with Crippen LogP contribution in [0.25, 0.3) is 0 Å². The molecule has 0 unspecified atom stereocenters. The Labute approximate surface area is 90.3 Å². The number of rotatable bonds is 2. The van der Waals surface area contributed by atoms with Crippen LogP contribution in [0, 0.1) is 5.92 Å². The molecule has 80 valence electrons. The molecule has 1 saturated heterocycles. The molecule has 1 aliphatic heterocycles. The lowest BCUT2D eigenvalue weighted by Gasteiger charge is -2.39. The lowest BCUT2D eigenvalue weighted by atomic mass is 9.84. The van der Waals surface area contributed by atoms with Gasteiger partial charge in [-0.3, -0.25) is 0 Å². The van der Waals surface area contributed by atoms with Crippen LogP contribution < -0.4 is 5.32 Å². The van der Waals surface area contributed by atoms with Gasteiger partial charge in [-0.1, -0.05) is 24.3 Å². The van der Waals surface area contributed by atoms with E-state index >= 15 is 0 Å². The third kappa shape index (κ3) is 1.68. The van der Waals surface area contributed by atoms with E-state index in [0.29, 0.717) is 5.92 Å². The normalized spacial score (nSPS) is 23.5. The van der Waals surface area contributed by atoms with Crippen LogP contribution in [0.2, 0.25) is 0 Å². The summed E-state index contributed by atoms with van der Waals surface area (Å²) >= 11 is 0. The molecule has 1 aliphatic carbocycles. The van der Waals surface area contributed by atoms with Crippen molar-refractivity contribution in [3.05, 3.63) is 35.4 Å².